The van der Waals surface area contributed by atoms with Crippen LogP contribution in [0.4, 0.5) is 15.9 Å². The van der Waals surface area contributed by atoms with E-state index in [0.717, 1.165) is 0 Å². The summed E-state index contributed by atoms with van der Waals surface area (Å²) in [5, 5.41) is 9.21. The molecule has 1 aromatic heterocycles. The second kappa shape index (κ2) is 12.4. The van der Waals surface area contributed by atoms with E-state index in [2.05, 4.69) is 15.8 Å². The number of para-hydroxylation sites is 1. The summed E-state index contributed by atoms with van der Waals surface area (Å²) in [5.74, 6) is -0.673. The van der Waals surface area contributed by atoms with Gasteiger partial charge in [-0.3, -0.25) is 19.3 Å². The average Bonchev–Trinajstić information content (AvgIpc) is 3.29. The van der Waals surface area contributed by atoms with Crippen LogP contribution in [0.1, 0.15) is 51.0 Å². The molecule has 0 radical (unpaired) electrons. The van der Waals surface area contributed by atoms with Crippen molar-refractivity contribution >= 4 is 29.2 Å². The van der Waals surface area contributed by atoms with E-state index in [0.29, 0.717) is 17.1 Å². The van der Waals surface area contributed by atoms with Crippen LogP contribution in [0.3, 0.4) is 0 Å². The van der Waals surface area contributed by atoms with Gasteiger partial charge in [-0.25, -0.2) is 4.39 Å². The SMILES string of the molecule is COc1cccc([C@H](C(=O)NC(C)(C)C)N(C(=O)CCC(=O)Nc2cc(C)on2)c2ccc(F)cc2)c1OC. The Hall–Kier alpha value is -4.41. The van der Waals surface area contributed by atoms with Crippen LogP contribution >= 0.6 is 0 Å². The molecule has 10 nitrogen and oxygen atoms in total. The summed E-state index contributed by atoms with van der Waals surface area (Å²) in [5.41, 5.74) is -0.0409. The predicted molar refractivity (Wildman–Crippen MR) is 143 cm³/mol. The van der Waals surface area contributed by atoms with E-state index in [1.807, 2.05) is 20.8 Å². The van der Waals surface area contributed by atoms with Crippen molar-refractivity contribution in [2.75, 3.05) is 24.4 Å². The van der Waals surface area contributed by atoms with E-state index in [1.165, 1.54) is 43.4 Å². The first-order valence-electron chi connectivity index (χ1n) is 12.3. The first kappa shape index (κ1) is 29.2. The lowest BCUT2D eigenvalue weighted by molar-refractivity contribution is -0.128. The fraction of sp³-hybridized carbons (Fsp3) is 0.357. The number of amides is 3. The third-order valence-corrected chi connectivity index (χ3v) is 5.57. The van der Waals surface area contributed by atoms with Crippen LogP contribution in [0.5, 0.6) is 11.5 Å². The van der Waals surface area contributed by atoms with Crippen LogP contribution in [0.25, 0.3) is 0 Å². The molecule has 0 saturated heterocycles. The average molecular weight is 541 g/mol. The minimum atomic E-state index is -1.24. The highest BCUT2D eigenvalue weighted by molar-refractivity contribution is 6.03. The third kappa shape index (κ3) is 7.56. The van der Waals surface area contributed by atoms with Crippen molar-refractivity contribution in [3.63, 3.8) is 0 Å². The van der Waals surface area contributed by atoms with Gasteiger partial charge in [0.15, 0.2) is 17.3 Å². The number of aromatic nitrogens is 1. The normalized spacial score (nSPS) is 11.9. The van der Waals surface area contributed by atoms with Gasteiger partial charge in [-0.05, 0) is 58.0 Å². The van der Waals surface area contributed by atoms with E-state index >= 15 is 0 Å². The zero-order valence-electron chi connectivity index (χ0n) is 22.8. The van der Waals surface area contributed by atoms with Gasteiger partial charge in [0.05, 0.1) is 14.2 Å². The zero-order chi connectivity index (χ0) is 28.7. The minimum absolute atomic E-state index is 0.203. The molecule has 208 valence electrons. The van der Waals surface area contributed by atoms with Gasteiger partial charge in [0.1, 0.15) is 17.6 Å². The summed E-state index contributed by atoms with van der Waals surface area (Å²) in [7, 11) is 2.89. The minimum Gasteiger partial charge on any atom is -0.493 e. The highest BCUT2D eigenvalue weighted by Crippen LogP contribution is 2.39. The molecule has 0 bridgehead atoms. The van der Waals surface area contributed by atoms with Gasteiger partial charge >= 0.3 is 0 Å². The summed E-state index contributed by atoms with van der Waals surface area (Å²) in [4.78, 5) is 41.4. The second-order valence-electron chi connectivity index (χ2n) is 9.84. The predicted octanol–water partition coefficient (Wildman–Crippen LogP) is 4.55. The van der Waals surface area contributed by atoms with E-state index in [1.54, 1.807) is 31.2 Å². The summed E-state index contributed by atoms with van der Waals surface area (Å²) < 4.78 is 29.8. The monoisotopic (exact) mass is 540 g/mol. The third-order valence-electron chi connectivity index (χ3n) is 5.57. The maximum absolute atomic E-state index is 13.9. The first-order valence-corrected chi connectivity index (χ1v) is 12.3. The number of carbonyl (C=O) groups excluding carboxylic acids is 3. The molecular formula is C28H33FN4O6. The van der Waals surface area contributed by atoms with Crippen LogP contribution in [-0.2, 0) is 14.4 Å². The van der Waals surface area contributed by atoms with Crippen LogP contribution < -0.4 is 25.0 Å². The molecule has 0 fully saturated rings. The van der Waals surface area contributed by atoms with E-state index in [9.17, 15) is 18.8 Å². The molecule has 0 aliphatic rings. The second-order valence-corrected chi connectivity index (χ2v) is 9.84. The Morgan fingerprint density at radius 1 is 1.05 bits per heavy atom. The molecule has 0 unspecified atom stereocenters. The van der Waals surface area contributed by atoms with Gasteiger partial charge in [0.2, 0.25) is 17.7 Å². The molecule has 1 atom stereocenters. The quantitative estimate of drug-likeness (QED) is 0.387. The smallest absolute Gasteiger partial charge is 0.248 e. The number of ether oxygens (including phenoxy) is 2. The lowest BCUT2D eigenvalue weighted by atomic mass is 9.98. The Balaban J connectivity index is 2.05. The fourth-order valence-electron chi connectivity index (χ4n) is 3.97. The highest BCUT2D eigenvalue weighted by Gasteiger charge is 2.37. The number of anilines is 2. The Labute approximate surface area is 226 Å². The van der Waals surface area contributed by atoms with Gasteiger partial charge in [0.25, 0.3) is 0 Å². The van der Waals surface area contributed by atoms with Gasteiger partial charge in [-0.15, -0.1) is 0 Å². The van der Waals surface area contributed by atoms with Crippen molar-refractivity contribution in [2.24, 2.45) is 0 Å². The van der Waals surface area contributed by atoms with Crippen LogP contribution in [0, 0.1) is 12.7 Å². The van der Waals surface area contributed by atoms with Gasteiger partial charge in [-0.1, -0.05) is 17.3 Å². The Morgan fingerprint density at radius 3 is 2.31 bits per heavy atom. The van der Waals surface area contributed by atoms with Gasteiger partial charge < -0.3 is 24.6 Å². The summed E-state index contributed by atoms with van der Waals surface area (Å²) in [6.45, 7) is 7.11. The van der Waals surface area contributed by atoms with Crippen LogP contribution in [0.15, 0.2) is 53.1 Å². The number of halogens is 1. The van der Waals surface area contributed by atoms with Gasteiger partial charge in [0, 0.05) is 35.7 Å². The summed E-state index contributed by atoms with van der Waals surface area (Å²) >= 11 is 0. The van der Waals surface area contributed by atoms with Crippen molar-refractivity contribution in [3.8, 4) is 11.5 Å². The molecule has 3 amide bonds. The molecule has 0 aliphatic carbocycles. The van der Waals surface area contributed by atoms with Crippen LogP contribution in [-0.4, -0.2) is 42.6 Å². The number of hydrogen-bond donors (Lipinski definition) is 2. The molecule has 2 aromatic carbocycles. The molecule has 3 aromatic rings. The van der Waals surface area contributed by atoms with E-state index in [4.69, 9.17) is 14.0 Å². The number of methoxy groups -OCH3 is 2. The summed E-state index contributed by atoms with van der Waals surface area (Å²) in [6.07, 6.45) is -0.461. The lowest BCUT2D eigenvalue weighted by Crippen LogP contribution is -2.49. The maximum atomic E-state index is 13.9. The van der Waals surface area contributed by atoms with Crippen molar-refractivity contribution in [3.05, 3.63) is 65.7 Å². The molecule has 1 heterocycles. The van der Waals surface area contributed by atoms with Crippen LogP contribution in [0.2, 0.25) is 0 Å². The molecule has 39 heavy (non-hydrogen) atoms. The molecule has 2 N–H and O–H groups in total. The number of nitrogens with one attached hydrogen (secondary N) is 2. The standard InChI is InChI=1S/C28H33FN4O6/c1-17-16-22(32-39-17)30-23(34)14-15-24(35)33(19-12-10-18(29)11-13-19)25(27(36)31-28(2,3)4)20-8-7-9-21(37-5)26(20)38-6/h7-13,16,25H,14-15H2,1-6H3,(H,31,36)(H,30,32,34)/t25-/m1/s1. The molecule has 0 saturated carbocycles. The first-order chi connectivity index (χ1) is 18.4. The molecule has 11 heteroatoms. The number of nitrogens with zero attached hydrogens (tertiary/aromatic N) is 2. The summed E-state index contributed by atoms with van der Waals surface area (Å²) in [6, 6.07) is 10.5. The molecular weight excluding hydrogens is 507 g/mol. The number of benzene rings is 2. The van der Waals surface area contributed by atoms with Crippen molar-refractivity contribution in [1.82, 2.24) is 10.5 Å². The van der Waals surface area contributed by atoms with Crippen molar-refractivity contribution in [1.29, 1.82) is 0 Å². The topological polar surface area (TPSA) is 123 Å². The maximum Gasteiger partial charge on any atom is 0.248 e. The lowest BCUT2D eigenvalue weighted by Gasteiger charge is -2.34. The number of rotatable bonds is 10. The Morgan fingerprint density at radius 2 is 1.74 bits per heavy atom. The van der Waals surface area contributed by atoms with E-state index in [-0.39, 0.29) is 30.1 Å². The van der Waals surface area contributed by atoms with Crippen molar-refractivity contribution < 1.29 is 32.8 Å². The number of aryl methyl sites for hydroxylation is 1. The molecule has 3 rings (SSSR count). The molecule has 0 spiro atoms. The fourth-order valence-corrected chi connectivity index (χ4v) is 3.97. The zero-order valence-corrected chi connectivity index (χ0v) is 22.8. The Kier molecular flexibility index (Phi) is 9.29. The number of hydrogen-bond acceptors (Lipinski definition) is 7. The largest absolute Gasteiger partial charge is 0.493 e. The number of carbonyl (C=O) groups is 3. The Bertz CT molecular complexity index is 1320. The van der Waals surface area contributed by atoms with Crippen molar-refractivity contribution in [2.45, 2.75) is 52.1 Å². The van der Waals surface area contributed by atoms with Gasteiger partial charge in [-0.2, -0.15) is 0 Å². The van der Waals surface area contributed by atoms with E-state index < -0.39 is 35.1 Å². The highest BCUT2D eigenvalue weighted by atomic mass is 19.1. The molecule has 0 aliphatic heterocycles.